The van der Waals surface area contributed by atoms with Crippen LogP contribution in [0, 0.1) is 5.92 Å². The maximum atomic E-state index is 11.8. The van der Waals surface area contributed by atoms with Gasteiger partial charge in [-0.05, 0) is 37.3 Å². The van der Waals surface area contributed by atoms with Crippen molar-refractivity contribution in [2.24, 2.45) is 5.92 Å². The Balaban J connectivity index is 2.31. The van der Waals surface area contributed by atoms with Crippen molar-refractivity contribution in [3.8, 4) is 0 Å². The Morgan fingerprint density at radius 2 is 1.82 bits per heavy atom. The number of carbonyl (C=O) groups excluding carboxylic acids is 2. The van der Waals surface area contributed by atoms with Gasteiger partial charge < -0.3 is 10.6 Å². The van der Waals surface area contributed by atoms with Crippen LogP contribution >= 0.6 is 0 Å². The third kappa shape index (κ3) is 7.62. The van der Waals surface area contributed by atoms with E-state index in [0.717, 1.165) is 18.4 Å². The molecule has 2 N–H and O–H groups in total. The first-order chi connectivity index (χ1) is 10.5. The minimum absolute atomic E-state index is 0.148. The summed E-state index contributed by atoms with van der Waals surface area (Å²) in [5, 5.41) is 5.50. The van der Waals surface area contributed by atoms with Crippen LogP contribution in [0.3, 0.4) is 0 Å². The van der Waals surface area contributed by atoms with Crippen LogP contribution in [0.15, 0.2) is 36.4 Å². The lowest BCUT2D eigenvalue weighted by Crippen LogP contribution is -2.44. The lowest BCUT2D eigenvalue weighted by molar-refractivity contribution is -0.126. The summed E-state index contributed by atoms with van der Waals surface area (Å²) in [6.07, 6.45) is 5.21. The molecular formula is C18H26N2O2. The molecule has 0 bridgehead atoms. The fraction of sp³-hybridized carbons (Fsp3) is 0.444. The van der Waals surface area contributed by atoms with Crippen LogP contribution in [0.25, 0.3) is 6.08 Å². The van der Waals surface area contributed by atoms with Crippen molar-refractivity contribution in [3.63, 3.8) is 0 Å². The Morgan fingerprint density at radius 3 is 2.45 bits per heavy atom. The highest BCUT2D eigenvalue weighted by molar-refractivity contribution is 5.95. The minimum atomic E-state index is -0.535. The first-order valence-electron chi connectivity index (χ1n) is 7.80. The zero-order valence-electron chi connectivity index (χ0n) is 13.6. The number of benzene rings is 1. The normalized spacial score (nSPS) is 12.4. The van der Waals surface area contributed by atoms with E-state index in [1.54, 1.807) is 13.0 Å². The molecule has 0 saturated carbocycles. The Hall–Kier alpha value is -2.10. The van der Waals surface area contributed by atoms with Crippen LogP contribution in [0.5, 0.6) is 0 Å². The second-order valence-corrected chi connectivity index (χ2v) is 5.80. The van der Waals surface area contributed by atoms with Gasteiger partial charge in [0, 0.05) is 12.6 Å². The van der Waals surface area contributed by atoms with Gasteiger partial charge in [0.05, 0.1) is 0 Å². The van der Waals surface area contributed by atoms with Crippen LogP contribution in [-0.2, 0) is 9.59 Å². The number of nitrogens with one attached hydrogen (secondary N) is 2. The quantitative estimate of drug-likeness (QED) is 0.573. The van der Waals surface area contributed by atoms with Crippen molar-refractivity contribution in [2.75, 3.05) is 6.54 Å². The Bertz CT molecular complexity index is 495. The van der Waals surface area contributed by atoms with Gasteiger partial charge in [-0.3, -0.25) is 9.59 Å². The summed E-state index contributed by atoms with van der Waals surface area (Å²) in [5.74, 6) is 0.219. The van der Waals surface area contributed by atoms with E-state index < -0.39 is 6.04 Å². The summed E-state index contributed by atoms with van der Waals surface area (Å²) in [7, 11) is 0. The van der Waals surface area contributed by atoms with Crippen molar-refractivity contribution in [3.05, 3.63) is 42.0 Å². The van der Waals surface area contributed by atoms with E-state index >= 15 is 0 Å². The molecule has 0 radical (unpaired) electrons. The SMILES string of the molecule is CC(C)CCCNC(=O)C(C)NC(=O)/C=C/c1ccccc1. The molecule has 22 heavy (non-hydrogen) atoms. The molecule has 1 aromatic carbocycles. The smallest absolute Gasteiger partial charge is 0.244 e. The fourth-order valence-corrected chi connectivity index (χ4v) is 1.94. The van der Waals surface area contributed by atoms with Gasteiger partial charge in [0.25, 0.3) is 0 Å². The molecule has 0 aliphatic carbocycles. The average molecular weight is 302 g/mol. The second-order valence-electron chi connectivity index (χ2n) is 5.80. The number of rotatable bonds is 8. The maximum Gasteiger partial charge on any atom is 0.244 e. The van der Waals surface area contributed by atoms with Gasteiger partial charge in [-0.15, -0.1) is 0 Å². The molecule has 0 spiro atoms. The highest BCUT2D eigenvalue weighted by Gasteiger charge is 2.13. The summed E-state index contributed by atoms with van der Waals surface area (Å²) in [6, 6.07) is 9.02. The van der Waals surface area contributed by atoms with E-state index in [-0.39, 0.29) is 11.8 Å². The maximum absolute atomic E-state index is 11.8. The summed E-state index contributed by atoms with van der Waals surface area (Å²) in [6.45, 7) is 6.65. The molecule has 120 valence electrons. The average Bonchev–Trinajstić information content (AvgIpc) is 2.50. The molecule has 0 aliphatic rings. The zero-order chi connectivity index (χ0) is 16.4. The van der Waals surface area contributed by atoms with E-state index in [4.69, 9.17) is 0 Å². The van der Waals surface area contributed by atoms with Gasteiger partial charge in [-0.2, -0.15) is 0 Å². The van der Waals surface area contributed by atoms with Gasteiger partial charge in [0.1, 0.15) is 6.04 Å². The van der Waals surface area contributed by atoms with Crippen LogP contribution in [0.4, 0.5) is 0 Å². The van der Waals surface area contributed by atoms with Crippen LogP contribution in [-0.4, -0.2) is 24.4 Å². The Labute approximate surface area is 133 Å². The minimum Gasteiger partial charge on any atom is -0.354 e. The van der Waals surface area contributed by atoms with Crippen molar-refractivity contribution in [1.82, 2.24) is 10.6 Å². The molecule has 0 aromatic heterocycles. The lowest BCUT2D eigenvalue weighted by atomic mass is 10.1. The number of hydrogen-bond acceptors (Lipinski definition) is 2. The molecule has 0 heterocycles. The van der Waals surface area contributed by atoms with Gasteiger partial charge in [-0.1, -0.05) is 44.2 Å². The summed E-state index contributed by atoms with van der Waals surface area (Å²) in [4.78, 5) is 23.6. The molecule has 1 unspecified atom stereocenters. The third-order valence-electron chi connectivity index (χ3n) is 3.24. The van der Waals surface area contributed by atoms with Crippen molar-refractivity contribution in [1.29, 1.82) is 0 Å². The van der Waals surface area contributed by atoms with Crippen molar-refractivity contribution in [2.45, 2.75) is 39.7 Å². The number of amides is 2. The van der Waals surface area contributed by atoms with E-state index in [1.807, 2.05) is 30.3 Å². The molecule has 0 fully saturated rings. The molecule has 4 heteroatoms. The van der Waals surface area contributed by atoms with Gasteiger partial charge in [-0.25, -0.2) is 0 Å². The number of hydrogen-bond donors (Lipinski definition) is 2. The monoisotopic (exact) mass is 302 g/mol. The molecule has 4 nitrogen and oxygen atoms in total. The first-order valence-corrected chi connectivity index (χ1v) is 7.80. The topological polar surface area (TPSA) is 58.2 Å². The van der Waals surface area contributed by atoms with Crippen LogP contribution < -0.4 is 10.6 Å². The molecule has 0 saturated heterocycles. The summed E-state index contributed by atoms with van der Waals surface area (Å²) in [5.41, 5.74) is 0.948. The highest BCUT2D eigenvalue weighted by Crippen LogP contribution is 2.02. The van der Waals surface area contributed by atoms with Crippen LogP contribution in [0.1, 0.15) is 39.2 Å². The van der Waals surface area contributed by atoms with Gasteiger partial charge in [0.2, 0.25) is 11.8 Å². The van der Waals surface area contributed by atoms with E-state index in [0.29, 0.717) is 12.5 Å². The van der Waals surface area contributed by atoms with Gasteiger partial charge in [0.15, 0.2) is 0 Å². The van der Waals surface area contributed by atoms with Crippen molar-refractivity contribution >= 4 is 17.9 Å². The second kappa shape index (κ2) is 9.77. The predicted molar refractivity (Wildman–Crippen MR) is 90.2 cm³/mol. The fourth-order valence-electron chi connectivity index (χ4n) is 1.94. The predicted octanol–water partition coefficient (Wildman–Crippen LogP) is 2.76. The number of carbonyl (C=O) groups is 2. The Morgan fingerprint density at radius 1 is 1.14 bits per heavy atom. The lowest BCUT2D eigenvalue weighted by Gasteiger charge is -2.13. The zero-order valence-corrected chi connectivity index (χ0v) is 13.6. The molecule has 1 atom stereocenters. The molecule has 1 rings (SSSR count). The third-order valence-corrected chi connectivity index (χ3v) is 3.24. The van der Waals surface area contributed by atoms with Crippen LogP contribution in [0.2, 0.25) is 0 Å². The molecule has 1 aromatic rings. The highest BCUT2D eigenvalue weighted by atomic mass is 16.2. The van der Waals surface area contributed by atoms with Gasteiger partial charge >= 0.3 is 0 Å². The molecule has 0 aliphatic heterocycles. The summed E-state index contributed by atoms with van der Waals surface area (Å²) >= 11 is 0. The van der Waals surface area contributed by atoms with E-state index in [9.17, 15) is 9.59 Å². The van der Waals surface area contributed by atoms with E-state index in [2.05, 4.69) is 24.5 Å². The van der Waals surface area contributed by atoms with Crippen molar-refractivity contribution < 1.29 is 9.59 Å². The Kier molecular flexibility index (Phi) is 7.97. The molecular weight excluding hydrogens is 276 g/mol. The van der Waals surface area contributed by atoms with E-state index in [1.165, 1.54) is 6.08 Å². The standard InChI is InChI=1S/C18H26N2O2/c1-14(2)8-7-13-19-18(22)15(3)20-17(21)12-11-16-9-5-4-6-10-16/h4-6,9-12,14-15H,7-8,13H2,1-3H3,(H,19,22)(H,20,21)/b12-11+. The molecule has 2 amide bonds. The summed E-state index contributed by atoms with van der Waals surface area (Å²) < 4.78 is 0. The first kappa shape index (κ1) is 18.0. The largest absolute Gasteiger partial charge is 0.354 e.